The summed E-state index contributed by atoms with van der Waals surface area (Å²) in [7, 11) is -1.75. The molecule has 1 aromatic rings. The molecule has 0 bridgehead atoms. The van der Waals surface area contributed by atoms with Gasteiger partial charge in [-0.3, -0.25) is 0 Å². The topological polar surface area (TPSA) is 60.9 Å². The molecule has 0 unspecified atom stereocenters. The minimum absolute atomic E-state index is 0.0368. The van der Waals surface area contributed by atoms with E-state index in [4.69, 9.17) is 23.2 Å². The molecule has 1 saturated heterocycles. The van der Waals surface area contributed by atoms with E-state index < -0.39 is 10.0 Å². The molecule has 0 radical (unpaired) electrons. The van der Waals surface area contributed by atoms with Crippen LogP contribution in [0.25, 0.3) is 0 Å². The van der Waals surface area contributed by atoms with E-state index in [-0.39, 0.29) is 21.5 Å². The predicted molar refractivity (Wildman–Crippen MR) is 83.3 cm³/mol. The third-order valence-electron chi connectivity index (χ3n) is 3.55. The Morgan fingerprint density at radius 2 is 1.90 bits per heavy atom. The molecule has 0 amide bonds. The minimum atomic E-state index is -3.72. The van der Waals surface area contributed by atoms with E-state index in [1.54, 1.807) is 0 Å². The maximum absolute atomic E-state index is 12.8. The van der Waals surface area contributed by atoms with E-state index in [1.807, 2.05) is 7.05 Å². The molecule has 0 saturated carbocycles. The Balaban J connectivity index is 2.42. The molecular formula is C13H18Cl2N2O3S. The number of aliphatic hydroxyl groups is 1. The fourth-order valence-corrected chi connectivity index (χ4v) is 4.69. The standard InChI is InChI=1S/C13H18Cl2N2O3S/c1-16-3-2-4-17(6-5-16)21(19,20)12-8-11(14)7-10(9-18)13(12)15/h7-8,18H,2-6,9H2,1H3. The van der Waals surface area contributed by atoms with Gasteiger partial charge in [0.25, 0.3) is 0 Å². The van der Waals surface area contributed by atoms with Crippen molar-refractivity contribution in [2.24, 2.45) is 0 Å². The summed E-state index contributed by atoms with van der Waals surface area (Å²) in [6.45, 7) is 2.03. The fraction of sp³-hybridized carbons (Fsp3) is 0.538. The molecule has 0 atom stereocenters. The largest absolute Gasteiger partial charge is 0.392 e. The van der Waals surface area contributed by atoms with Gasteiger partial charge in [-0.1, -0.05) is 23.2 Å². The molecular weight excluding hydrogens is 335 g/mol. The van der Waals surface area contributed by atoms with Crippen molar-refractivity contribution < 1.29 is 13.5 Å². The lowest BCUT2D eigenvalue weighted by Gasteiger charge is -2.21. The molecule has 0 aliphatic carbocycles. The summed E-state index contributed by atoms with van der Waals surface area (Å²) in [6, 6.07) is 2.81. The van der Waals surface area contributed by atoms with Crippen molar-refractivity contribution in [1.82, 2.24) is 9.21 Å². The SMILES string of the molecule is CN1CCCN(S(=O)(=O)c2cc(Cl)cc(CO)c2Cl)CC1. The summed E-state index contributed by atoms with van der Waals surface area (Å²) in [6.07, 6.45) is 0.765. The lowest BCUT2D eigenvalue weighted by Crippen LogP contribution is -2.34. The Morgan fingerprint density at radius 1 is 1.19 bits per heavy atom. The smallest absolute Gasteiger partial charge is 0.244 e. The van der Waals surface area contributed by atoms with Crippen molar-refractivity contribution in [2.75, 3.05) is 33.2 Å². The van der Waals surface area contributed by atoms with Crippen LogP contribution in [0, 0.1) is 0 Å². The molecule has 1 aromatic carbocycles. The molecule has 0 spiro atoms. The zero-order valence-electron chi connectivity index (χ0n) is 11.7. The van der Waals surface area contributed by atoms with Gasteiger partial charge in [-0.25, -0.2) is 8.42 Å². The average molecular weight is 353 g/mol. The zero-order valence-corrected chi connectivity index (χ0v) is 14.0. The maximum atomic E-state index is 12.8. The number of hydrogen-bond acceptors (Lipinski definition) is 4. The van der Waals surface area contributed by atoms with Crippen molar-refractivity contribution in [1.29, 1.82) is 0 Å². The quantitative estimate of drug-likeness (QED) is 0.901. The average Bonchev–Trinajstić information content (AvgIpc) is 2.66. The summed E-state index contributed by atoms with van der Waals surface area (Å²) >= 11 is 12.1. The summed E-state index contributed by atoms with van der Waals surface area (Å²) in [5, 5.41) is 9.55. The molecule has 1 heterocycles. The lowest BCUT2D eigenvalue weighted by atomic mass is 10.2. The van der Waals surface area contributed by atoms with Crippen LogP contribution in [-0.4, -0.2) is 56.0 Å². The monoisotopic (exact) mass is 352 g/mol. The highest BCUT2D eigenvalue weighted by molar-refractivity contribution is 7.89. The first-order chi connectivity index (χ1) is 9.86. The second-order valence-electron chi connectivity index (χ2n) is 5.10. The van der Waals surface area contributed by atoms with Crippen LogP contribution in [0.1, 0.15) is 12.0 Å². The number of hydrogen-bond donors (Lipinski definition) is 1. The lowest BCUT2D eigenvalue weighted by molar-refractivity contribution is 0.281. The Kier molecular flexibility index (Phi) is 5.51. The Labute approximate surface area is 135 Å². The number of nitrogens with zero attached hydrogens (tertiary/aromatic N) is 2. The van der Waals surface area contributed by atoms with Gasteiger partial charge in [-0.2, -0.15) is 4.31 Å². The van der Waals surface area contributed by atoms with Gasteiger partial charge in [0.1, 0.15) is 4.90 Å². The second kappa shape index (κ2) is 6.81. The summed E-state index contributed by atoms with van der Waals surface area (Å²) in [4.78, 5) is 2.05. The predicted octanol–water partition coefficient (Wildman–Crippen LogP) is 1.81. The van der Waals surface area contributed by atoms with Gasteiger partial charge in [0.2, 0.25) is 10.0 Å². The van der Waals surface area contributed by atoms with E-state index >= 15 is 0 Å². The maximum Gasteiger partial charge on any atom is 0.244 e. The van der Waals surface area contributed by atoms with Crippen molar-refractivity contribution in [3.05, 3.63) is 27.7 Å². The molecule has 1 fully saturated rings. The summed E-state index contributed by atoms with van der Waals surface area (Å²) in [5.41, 5.74) is 0.315. The summed E-state index contributed by atoms with van der Waals surface area (Å²) in [5.74, 6) is 0. The molecule has 2 rings (SSSR count). The first kappa shape index (κ1) is 17.0. The van der Waals surface area contributed by atoms with Crippen LogP contribution in [0.4, 0.5) is 0 Å². The van der Waals surface area contributed by atoms with Gasteiger partial charge < -0.3 is 10.0 Å². The molecule has 5 nitrogen and oxygen atoms in total. The van der Waals surface area contributed by atoms with Gasteiger partial charge in [0, 0.05) is 24.7 Å². The van der Waals surface area contributed by atoms with Crippen LogP contribution in [0.5, 0.6) is 0 Å². The Hall–Kier alpha value is -0.370. The molecule has 21 heavy (non-hydrogen) atoms. The van der Waals surface area contributed by atoms with E-state index in [0.717, 1.165) is 13.0 Å². The summed E-state index contributed by atoms with van der Waals surface area (Å²) < 4.78 is 27.0. The van der Waals surface area contributed by atoms with Crippen LogP contribution in [0.2, 0.25) is 10.0 Å². The fourth-order valence-electron chi connectivity index (χ4n) is 2.32. The Morgan fingerprint density at radius 3 is 2.57 bits per heavy atom. The van der Waals surface area contributed by atoms with Crippen LogP contribution >= 0.6 is 23.2 Å². The third kappa shape index (κ3) is 3.70. The van der Waals surface area contributed by atoms with Gasteiger partial charge in [-0.15, -0.1) is 0 Å². The number of aliphatic hydroxyl groups excluding tert-OH is 1. The second-order valence-corrected chi connectivity index (χ2v) is 7.82. The van der Waals surface area contributed by atoms with E-state index in [2.05, 4.69) is 4.90 Å². The molecule has 1 aliphatic rings. The molecule has 0 aromatic heterocycles. The van der Waals surface area contributed by atoms with Crippen molar-refractivity contribution >= 4 is 33.2 Å². The first-order valence-corrected chi connectivity index (χ1v) is 8.83. The first-order valence-electron chi connectivity index (χ1n) is 6.63. The van der Waals surface area contributed by atoms with E-state index in [0.29, 0.717) is 25.2 Å². The van der Waals surface area contributed by atoms with Crippen LogP contribution < -0.4 is 0 Å². The number of rotatable bonds is 3. The molecule has 118 valence electrons. The highest BCUT2D eigenvalue weighted by Gasteiger charge is 2.29. The molecule has 1 aliphatic heterocycles. The van der Waals surface area contributed by atoms with Gasteiger partial charge in [0.15, 0.2) is 0 Å². The number of sulfonamides is 1. The van der Waals surface area contributed by atoms with Crippen LogP contribution in [-0.2, 0) is 16.6 Å². The van der Waals surface area contributed by atoms with Crippen LogP contribution in [0.15, 0.2) is 17.0 Å². The highest BCUT2D eigenvalue weighted by atomic mass is 35.5. The number of benzene rings is 1. The number of halogens is 2. The van der Waals surface area contributed by atoms with Crippen LogP contribution in [0.3, 0.4) is 0 Å². The van der Waals surface area contributed by atoms with Gasteiger partial charge in [0.05, 0.1) is 11.6 Å². The van der Waals surface area contributed by atoms with Gasteiger partial charge >= 0.3 is 0 Å². The van der Waals surface area contributed by atoms with E-state index in [1.165, 1.54) is 16.4 Å². The van der Waals surface area contributed by atoms with Crippen molar-refractivity contribution in [2.45, 2.75) is 17.9 Å². The van der Waals surface area contributed by atoms with Gasteiger partial charge in [-0.05, 0) is 37.7 Å². The normalized spacial score (nSPS) is 18.7. The third-order valence-corrected chi connectivity index (χ3v) is 6.25. The van der Waals surface area contributed by atoms with Crippen molar-refractivity contribution in [3.8, 4) is 0 Å². The van der Waals surface area contributed by atoms with Crippen molar-refractivity contribution in [3.63, 3.8) is 0 Å². The molecule has 1 N–H and O–H groups in total. The zero-order chi connectivity index (χ0) is 15.6. The number of likely N-dealkylation sites (N-methyl/N-ethyl adjacent to an activating group) is 1. The minimum Gasteiger partial charge on any atom is -0.392 e. The Bertz CT molecular complexity index is 622. The molecule has 8 heteroatoms. The highest BCUT2D eigenvalue weighted by Crippen LogP contribution is 2.31. The van der Waals surface area contributed by atoms with E-state index in [9.17, 15) is 13.5 Å².